The third-order valence-corrected chi connectivity index (χ3v) is 2.81. The van der Waals surface area contributed by atoms with Crippen LogP contribution in [0.4, 0.5) is 10.1 Å². The van der Waals surface area contributed by atoms with Crippen molar-refractivity contribution in [2.24, 2.45) is 7.05 Å². The molecule has 0 radical (unpaired) electrons. The molecule has 0 saturated heterocycles. The Bertz CT molecular complexity index is 544. The molecule has 2 rings (SSSR count). The second-order valence-corrected chi connectivity index (χ2v) is 4.51. The van der Waals surface area contributed by atoms with Crippen molar-refractivity contribution in [1.29, 1.82) is 0 Å². The minimum Gasteiger partial charge on any atom is -0.398 e. The number of anilines is 1. The first-order valence-corrected chi connectivity index (χ1v) is 5.57. The molecule has 2 N–H and O–H groups in total. The number of nitrogens with zero attached hydrogens (tertiary/aromatic N) is 2. The van der Waals surface area contributed by atoms with Crippen LogP contribution in [0.1, 0.15) is 25.3 Å². The molecule has 0 unspecified atom stereocenters. The van der Waals surface area contributed by atoms with Crippen LogP contribution in [-0.4, -0.2) is 9.78 Å². The lowest BCUT2D eigenvalue weighted by molar-refractivity contribution is 0.624. The number of nitrogens with two attached hydrogens (primary N) is 1. The van der Waals surface area contributed by atoms with Gasteiger partial charge in [-0.1, -0.05) is 13.8 Å². The molecular weight excluding hydrogens is 217 g/mol. The Morgan fingerprint density at radius 2 is 2.06 bits per heavy atom. The van der Waals surface area contributed by atoms with E-state index in [2.05, 4.69) is 5.10 Å². The normalized spacial score (nSPS) is 11.1. The van der Waals surface area contributed by atoms with Crippen LogP contribution in [0.25, 0.3) is 11.1 Å². The first-order valence-electron chi connectivity index (χ1n) is 5.57. The molecule has 0 bridgehead atoms. The average Bonchev–Trinajstić information content (AvgIpc) is 2.67. The van der Waals surface area contributed by atoms with Gasteiger partial charge in [-0.2, -0.15) is 5.10 Å². The number of halogens is 1. The lowest BCUT2D eigenvalue weighted by Gasteiger charge is -2.13. The molecule has 1 aromatic carbocycles. The Morgan fingerprint density at radius 3 is 2.59 bits per heavy atom. The lowest BCUT2D eigenvalue weighted by Crippen LogP contribution is -2.00. The summed E-state index contributed by atoms with van der Waals surface area (Å²) >= 11 is 0. The van der Waals surface area contributed by atoms with Crippen molar-refractivity contribution in [2.45, 2.75) is 19.8 Å². The zero-order valence-electron chi connectivity index (χ0n) is 10.2. The van der Waals surface area contributed by atoms with E-state index in [1.807, 2.05) is 27.1 Å². The molecule has 0 amide bonds. The van der Waals surface area contributed by atoms with Crippen molar-refractivity contribution in [1.82, 2.24) is 9.78 Å². The second-order valence-electron chi connectivity index (χ2n) is 4.51. The van der Waals surface area contributed by atoms with Gasteiger partial charge in [-0.25, -0.2) is 4.39 Å². The van der Waals surface area contributed by atoms with E-state index < -0.39 is 0 Å². The molecule has 1 aromatic heterocycles. The van der Waals surface area contributed by atoms with Crippen LogP contribution in [0.5, 0.6) is 0 Å². The fourth-order valence-electron chi connectivity index (χ4n) is 1.92. The van der Waals surface area contributed by atoms with Gasteiger partial charge in [-0.15, -0.1) is 0 Å². The van der Waals surface area contributed by atoms with E-state index in [9.17, 15) is 4.39 Å². The number of aromatic nitrogens is 2. The van der Waals surface area contributed by atoms with Gasteiger partial charge in [-0.05, 0) is 23.6 Å². The summed E-state index contributed by atoms with van der Waals surface area (Å²) in [5.41, 5.74) is 9.11. The number of nitrogen functional groups attached to an aromatic ring is 1. The SMILES string of the molecule is CC(C)c1cc(F)cc(-c2cnn(C)c2)c1N. The molecule has 0 saturated carbocycles. The highest BCUT2D eigenvalue weighted by atomic mass is 19.1. The summed E-state index contributed by atoms with van der Waals surface area (Å²) in [6.45, 7) is 4.00. The second kappa shape index (κ2) is 4.20. The van der Waals surface area contributed by atoms with Crippen LogP contribution < -0.4 is 5.73 Å². The molecule has 90 valence electrons. The maximum atomic E-state index is 13.6. The molecule has 0 aliphatic heterocycles. The smallest absolute Gasteiger partial charge is 0.124 e. The van der Waals surface area contributed by atoms with Crippen LogP contribution in [0.2, 0.25) is 0 Å². The fourth-order valence-corrected chi connectivity index (χ4v) is 1.92. The van der Waals surface area contributed by atoms with Gasteiger partial charge in [0.05, 0.1) is 6.20 Å². The summed E-state index contributed by atoms with van der Waals surface area (Å²) in [7, 11) is 1.82. The molecule has 17 heavy (non-hydrogen) atoms. The van der Waals surface area contributed by atoms with Crippen LogP contribution in [0.15, 0.2) is 24.5 Å². The Labute approximate surface area is 100 Å². The van der Waals surface area contributed by atoms with E-state index in [1.54, 1.807) is 10.9 Å². The van der Waals surface area contributed by atoms with Crippen molar-refractivity contribution < 1.29 is 4.39 Å². The van der Waals surface area contributed by atoms with E-state index in [0.29, 0.717) is 11.3 Å². The van der Waals surface area contributed by atoms with Crippen LogP contribution in [-0.2, 0) is 7.05 Å². The van der Waals surface area contributed by atoms with Gasteiger partial charge in [0.15, 0.2) is 0 Å². The maximum absolute atomic E-state index is 13.6. The first kappa shape index (κ1) is 11.6. The van der Waals surface area contributed by atoms with Gasteiger partial charge >= 0.3 is 0 Å². The van der Waals surface area contributed by atoms with Gasteiger partial charge in [0.1, 0.15) is 5.82 Å². The van der Waals surface area contributed by atoms with Gasteiger partial charge in [0.25, 0.3) is 0 Å². The Balaban J connectivity index is 2.61. The number of rotatable bonds is 2. The van der Waals surface area contributed by atoms with Gasteiger partial charge in [-0.3, -0.25) is 4.68 Å². The molecular formula is C13H16FN3. The quantitative estimate of drug-likeness (QED) is 0.810. The first-order chi connectivity index (χ1) is 7.99. The standard InChI is InChI=1S/C13H16FN3/c1-8(2)11-4-10(14)5-12(13(11)15)9-6-16-17(3)7-9/h4-8H,15H2,1-3H3. The number of aryl methyl sites for hydroxylation is 1. The van der Waals surface area contributed by atoms with Crippen LogP contribution >= 0.6 is 0 Å². The Kier molecular flexibility index (Phi) is 2.88. The third kappa shape index (κ3) is 2.16. The molecule has 2 aromatic rings. The summed E-state index contributed by atoms with van der Waals surface area (Å²) in [4.78, 5) is 0. The Morgan fingerprint density at radius 1 is 1.35 bits per heavy atom. The van der Waals surface area contributed by atoms with E-state index >= 15 is 0 Å². The molecule has 0 fully saturated rings. The number of hydrogen-bond donors (Lipinski definition) is 1. The van der Waals surface area contributed by atoms with Crippen molar-refractivity contribution in [2.75, 3.05) is 5.73 Å². The van der Waals surface area contributed by atoms with Gasteiger partial charge < -0.3 is 5.73 Å². The fraction of sp³-hybridized carbons (Fsp3) is 0.308. The van der Waals surface area contributed by atoms with Crippen molar-refractivity contribution in [3.63, 3.8) is 0 Å². The zero-order chi connectivity index (χ0) is 12.6. The topological polar surface area (TPSA) is 43.8 Å². The average molecular weight is 233 g/mol. The molecule has 4 heteroatoms. The van der Waals surface area contributed by atoms with Gasteiger partial charge in [0, 0.05) is 30.1 Å². The molecule has 0 aliphatic carbocycles. The summed E-state index contributed by atoms with van der Waals surface area (Å²) < 4.78 is 15.3. The van der Waals surface area contributed by atoms with Gasteiger partial charge in [0.2, 0.25) is 0 Å². The van der Waals surface area contributed by atoms with Crippen molar-refractivity contribution in [3.05, 3.63) is 35.9 Å². The molecule has 0 aliphatic rings. The Hall–Kier alpha value is -1.84. The number of hydrogen-bond acceptors (Lipinski definition) is 2. The minimum absolute atomic E-state index is 0.195. The highest BCUT2D eigenvalue weighted by Crippen LogP contribution is 2.33. The predicted octanol–water partition coefficient (Wildman–Crippen LogP) is 2.93. The maximum Gasteiger partial charge on any atom is 0.124 e. The highest BCUT2D eigenvalue weighted by molar-refractivity contribution is 5.78. The van der Waals surface area contributed by atoms with Crippen LogP contribution in [0, 0.1) is 5.82 Å². The highest BCUT2D eigenvalue weighted by Gasteiger charge is 2.13. The zero-order valence-corrected chi connectivity index (χ0v) is 10.2. The third-order valence-electron chi connectivity index (χ3n) is 2.81. The molecule has 3 nitrogen and oxygen atoms in total. The summed E-state index contributed by atoms with van der Waals surface area (Å²) in [6.07, 6.45) is 3.52. The van der Waals surface area contributed by atoms with E-state index in [-0.39, 0.29) is 11.7 Å². The molecule has 1 heterocycles. The predicted molar refractivity (Wildman–Crippen MR) is 67.1 cm³/mol. The lowest BCUT2D eigenvalue weighted by atomic mass is 9.95. The van der Waals surface area contributed by atoms with E-state index in [4.69, 9.17) is 5.73 Å². The number of benzene rings is 1. The van der Waals surface area contributed by atoms with Crippen molar-refractivity contribution in [3.8, 4) is 11.1 Å². The van der Waals surface area contributed by atoms with Crippen LogP contribution in [0.3, 0.4) is 0 Å². The largest absolute Gasteiger partial charge is 0.398 e. The summed E-state index contributed by atoms with van der Waals surface area (Å²) in [6, 6.07) is 2.96. The van der Waals surface area contributed by atoms with Crippen molar-refractivity contribution >= 4 is 5.69 Å². The minimum atomic E-state index is -0.262. The monoisotopic (exact) mass is 233 g/mol. The molecule has 0 atom stereocenters. The summed E-state index contributed by atoms with van der Waals surface area (Å²) in [5, 5.41) is 4.08. The molecule has 0 spiro atoms. The summed E-state index contributed by atoms with van der Waals surface area (Å²) in [5.74, 6) is -0.0668. The van der Waals surface area contributed by atoms with E-state index in [1.165, 1.54) is 12.1 Å². The van der Waals surface area contributed by atoms with E-state index in [0.717, 1.165) is 11.1 Å².